The summed E-state index contributed by atoms with van der Waals surface area (Å²) >= 11 is 0. The number of fused-ring (bicyclic) bond motifs is 2. The smallest absolute Gasteiger partial charge is 0.0860 e. The van der Waals surface area contributed by atoms with E-state index in [1.165, 1.54) is 12.0 Å². The lowest BCUT2D eigenvalue weighted by Gasteiger charge is -2.20. The summed E-state index contributed by atoms with van der Waals surface area (Å²) < 4.78 is 0. The van der Waals surface area contributed by atoms with Crippen molar-refractivity contribution in [3.05, 3.63) is 11.6 Å². The van der Waals surface area contributed by atoms with Crippen LogP contribution in [-0.4, -0.2) is 10.7 Å². The van der Waals surface area contributed by atoms with Crippen LogP contribution in [0.25, 0.3) is 0 Å². The lowest BCUT2D eigenvalue weighted by molar-refractivity contribution is 0.0904. The second-order valence-corrected chi connectivity index (χ2v) is 3.38. The first kappa shape index (κ1) is 5.48. The lowest BCUT2D eigenvalue weighted by atomic mass is 9.95. The van der Waals surface area contributed by atoms with Gasteiger partial charge < -0.3 is 5.11 Å². The molecule has 2 aliphatic carbocycles. The molecule has 1 heteroatoms. The van der Waals surface area contributed by atoms with Crippen LogP contribution in [0.1, 0.15) is 26.2 Å². The monoisotopic (exact) mass is 124 g/mol. The van der Waals surface area contributed by atoms with Gasteiger partial charge in [-0.15, -0.1) is 0 Å². The zero-order chi connectivity index (χ0) is 6.48. The SMILES string of the molecule is CC1=C[C@H]2CC[C@]1(O)C2. The van der Waals surface area contributed by atoms with Gasteiger partial charge in [-0.2, -0.15) is 0 Å². The highest BCUT2D eigenvalue weighted by atomic mass is 16.3. The highest BCUT2D eigenvalue weighted by Gasteiger charge is 2.42. The molecule has 0 heterocycles. The van der Waals surface area contributed by atoms with Crippen LogP contribution in [0.2, 0.25) is 0 Å². The van der Waals surface area contributed by atoms with Gasteiger partial charge in [0.05, 0.1) is 5.60 Å². The third-order valence-electron chi connectivity index (χ3n) is 2.75. The van der Waals surface area contributed by atoms with Crippen LogP contribution in [0.5, 0.6) is 0 Å². The molecule has 2 rings (SSSR count). The van der Waals surface area contributed by atoms with E-state index in [4.69, 9.17) is 0 Å². The van der Waals surface area contributed by atoms with Crippen molar-refractivity contribution in [1.29, 1.82) is 0 Å². The Morgan fingerprint density at radius 2 is 2.56 bits per heavy atom. The summed E-state index contributed by atoms with van der Waals surface area (Å²) in [6, 6.07) is 0. The Labute approximate surface area is 55.4 Å². The maximum absolute atomic E-state index is 9.74. The molecule has 0 amide bonds. The van der Waals surface area contributed by atoms with Crippen LogP contribution in [-0.2, 0) is 0 Å². The molecule has 2 atom stereocenters. The first-order valence-electron chi connectivity index (χ1n) is 3.62. The fraction of sp³-hybridized carbons (Fsp3) is 0.750. The second kappa shape index (κ2) is 1.40. The molecule has 0 aromatic heterocycles. The molecule has 0 aliphatic heterocycles. The number of allylic oxidation sites excluding steroid dienone is 1. The van der Waals surface area contributed by atoms with Crippen molar-refractivity contribution < 1.29 is 5.11 Å². The zero-order valence-corrected chi connectivity index (χ0v) is 5.72. The van der Waals surface area contributed by atoms with E-state index in [1.54, 1.807) is 0 Å². The highest BCUT2D eigenvalue weighted by Crippen LogP contribution is 2.46. The van der Waals surface area contributed by atoms with Crippen LogP contribution in [0.4, 0.5) is 0 Å². The largest absolute Gasteiger partial charge is 0.386 e. The van der Waals surface area contributed by atoms with E-state index in [-0.39, 0.29) is 5.60 Å². The minimum absolute atomic E-state index is 0.370. The first-order valence-corrected chi connectivity index (χ1v) is 3.62. The summed E-state index contributed by atoms with van der Waals surface area (Å²) in [5, 5.41) is 9.74. The predicted octanol–water partition coefficient (Wildman–Crippen LogP) is 1.48. The van der Waals surface area contributed by atoms with Crippen molar-refractivity contribution in [3.8, 4) is 0 Å². The minimum Gasteiger partial charge on any atom is -0.386 e. The van der Waals surface area contributed by atoms with Gasteiger partial charge in [-0.1, -0.05) is 6.08 Å². The van der Waals surface area contributed by atoms with Gasteiger partial charge in [0, 0.05) is 0 Å². The Kier molecular flexibility index (Phi) is 0.854. The van der Waals surface area contributed by atoms with E-state index < -0.39 is 0 Å². The van der Waals surface area contributed by atoms with Crippen LogP contribution >= 0.6 is 0 Å². The molecule has 0 saturated heterocycles. The number of aliphatic hydroxyl groups is 1. The molecular weight excluding hydrogens is 112 g/mol. The van der Waals surface area contributed by atoms with Crippen molar-refractivity contribution in [2.75, 3.05) is 0 Å². The summed E-state index contributed by atoms with van der Waals surface area (Å²) in [5.41, 5.74) is 0.837. The molecule has 1 N–H and O–H groups in total. The van der Waals surface area contributed by atoms with Crippen LogP contribution in [0, 0.1) is 5.92 Å². The Morgan fingerprint density at radius 3 is 2.78 bits per heavy atom. The molecule has 0 aromatic carbocycles. The minimum atomic E-state index is -0.370. The summed E-state index contributed by atoms with van der Waals surface area (Å²) in [7, 11) is 0. The van der Waals surface area contributed by atoms with Gasteiger partial charge in [-0.25, -0.2) is 0 Å². The molecule has 1 saturated carbocycles. The Hall–Kier alpha value is -0.300. The summed E-state index contributed by atoms with van der Waals surface area (Å²) in [6.45, 7) is 2.04. The molecule has 0 radical (unpaired) electrons. The fourth-order valence-electron chi connectivity index (χ4n) is 2.07. The lowest BCUT2D eigenvalue weighted by Crippen LogP contribution is -2.23. The normalized spacial score (nSPS) is 47.8. The molecule has 2 aliphatic rings. The van der Waals surface area contributed by atoms with Gasteiger partial charge in [0.2, 0.25) is 0 Å². The Morgan fingerprint density at radius 1 is 1.78 bits per heavy atom. The van der Waals surface area contributed by atoms with Gasteiger partial charge in [0.25, 0.3) is 0 Å². The average molecular weight is 124 g/mol. The quantitative estimate of drug-likeness (QED) is 0.485. The number of hydrogen-bond acceptors (Lipinski definition) is 1. The Bertz CT molecular complexity index is 171. The summed E-state index contributed by atoms with van der Waals surface area (Å²) in [4.78, 5) is 0. The molecule has 1 nitrogen and oxygen atoms in total. The molecule has 0 spiro atoms. The van der Waals surface area contributed by atoms with Crippen molar-refractivity contribution >= 4 is 0 Å². The molecule has 0 aromatic rings. The maximum Gasteiger partial charge on any atom is 0.0860 e. The highest BCUT2D eigenvalue weighted by molar-refractivity contribution is 5.26. The van der Waals surface area contributed by atoms with Crippen molar-refractivity contribution in [2.24, 2.45) is 5.92 Å². The van der Waals surface area contributed by atoms with Crippen molar-refractivity contribution in [1.82, 2.24) is 0 Å². The summed E-state index contributed by atoms with van der Waals surface area (Å²) in [6.07, 6.45) is 5.43. The van der Waals surface area contributed by atoms with E-state index in [0.29, 0.717) is 5.92 Å². The van der Waals surface area contributed by atoms with Gasteiger partial charge in [0.15, 0.2) is 0 Å². The van der Waals surface area contributed by atoms with E-state index in [9.17, 15) is 5.11 Å². The van der Waals surface area contributed by atoms with Gasteiger partial charge >= 0.3 is 0 Å². The fourth-order valence-corrected chi connectivity index (χ4v) is 2.07. The van der Waals surface area contributed by atoms with Crippen molar-refractivity contribution in [2.45, 2.75) is 31.8 Å². The summed E-state index contributed by atoms with van der Waals surface area (Å²) in [5.74, 6) is 0.704. The average Bonchev–Trinajstić information content (AvgIpc) is 2.22. The molecule has 50 valence electrons. The molecule has 0 unspecified atom stereocenters. The number of rotatable bonds is 0. The second-order valence-electron chi connectivity index (χ2n) is 3.38. The third-order valence-corrected chi connectivity index (χ3v) is 2.75. The van der Waals surface area contributed by atoms with E-state index in [2.05, 4.69) is 6.08 Å². The van der Waals surface area contributed by atoms with Crippen LogP contribution in [0.15, 0.2) is 11.6 Å². The van der Waals surface area contributed by atoms with E-state index in [0.717, 1.165) is 12.8 Å². The zero-order valence-electron chi connectivity index (χ0n) is 5.72. The predicted molar refractivity (Wildman–Crippen MR) is 36.0 cm³/mol. The molecule has 2 bridgehead atoms. The van der Waals surface area contributed by atoms with Gasteiger partial charge in [-0.3, -0.25) is 0 Å². The van der Waals surface area contributed by atoms with Gasteiger partial charge in [0.1, 0.15) is 0 Å². The molecular formula is C8H12O. The molecule has 9 heavy (non-hydrogen) atoms. The Balaban J connectivity index is 2.37. The first-order chi connectivity index (χ1) is 4.21. The third kappa shape index (κ3) is 0.584. The standard InChI is InChI=1S/C8H12O/c1-6-4-7-2-3-8(6,9)5-7/h4,7,9H,2-3,5H2,1H3/t7-,8+/m1/s1. The molecule has 1 fully saturated rings. The number of hydrogen-bond donors (Lipinski definition) is 1. The van der Waals surface area contributed by atoms with E-state index >= 15 is 0 Å². The maximum atomic E-state index is 9.74. The van der Waals surface area contributed by atoms with Gasteiger partial charge in [-0.05, 0) is 37.7 Å². The van der Waals surface area contributed by atoms with Crippen molar-refractivity contribution in [3.63, 3.8) is 0 Å². The van der Waals surface area contributed by atoms with E-state index in [1.807, 2.05) is 6.92 Å². The van der Waals surface area contributed by atoms with Crippen LogP contribution < -0.4 is 0 Å². The van der Waals surface area contributed by atoms with Crippen LogP contribution in [0.3, 0.4) is 0 Å². The topological polar surface area (TPSA) is 20.2 Å².